The van der Waals surface area contributed by atoms with Crippen LogP contribution < -0.4 is 4.74 Å². The van der Waals surface area contributed by atoms with E-state index in [9.17, 15) is 0 Å². The number of nitrogens with zero attached hydrogens (tertiary/aromatic N) is 1. The van der Waals surface area contributed by atoms with Crippen LogP contribution in [0, 0.1) is 0 Å². The maximum atomic E-state index is 5.86. The molecule has 0 radical (unpaired) electrons. The first-order valence-corrected chi connectivity index (χ1v) is 11.0. The third-order valence-corrected chi connectivity index (χ3v) is 3.86. The van der Waals surface area contributed by atoms with Gasteiger partial charge < -0.3 is 9.39 Å². The van der Waals surface area contributed by atoms with E-state index in [4.69, 9.17) is 4.74 Å². The van der Waals surface area contributed by atoms with Crippen LogP contribution in [0.1, 0.15) is 11.1 Å². The van der Waals surface area contributed by atoms with Crippen LogP contribution in [0.4, 0.5) is 0 Å². The van der Waals surface area contributed by atoms with Gasteiger partial charge in [-0.05, 0) is 43.4 Å². The van der Waals surface area contributed by atoms with Gasteiger partial charge in [0.15, 0.2) is 8.24 Å². The van der Waals surface area contributed by atoms with Crippen molar-refractivity contribution in [2.24, 2.45) is 4.66 Å². The Hall–Kier alpha value is -2.13. The number of hydrogen-bond donors (Lipinski definition) is 0. The van der Waals surface area contributed by atoms with Crippen LogP contribution in [0.2, 0.25) is 19.6 Å². The largest absolute Gasteiger partial charge is 0.489 e. The van der Waals surface area contributed by atoms with Crippen LogP contribution in [-0.2, 0) is 0 Å². The van der Waals surface area contributed by atoms with Crippen molar-refractivity contribution in [2.45, 2.75) is 19.6 Å². The highest BCUT2D eigenvalue weighted by atomic mass is 28.3. The highest BCUT2D eigenvalue weighted by Gasteiger charge is 2.10. The number of rotatable bonds is 6. The molecule has 3 heteroatoms. The molecule has 114 valence electrons. The summed E-state index contributed by atoms with van der Waals surface area (Å²) >= 11 is 0. The highest BCUT2D eigenvalue weighted by Crippen LogP contribution is 2.17. The lowest BCUT2D eigenvalue weighted by Crippen LogP contribution is -2.16. The fourth-order valence-corrected chi connectivity index (χ4v) is 2.39. The summed E-state index contributed by atoms with van der Waals surface area (Å²) in [5.74, 6) is 0.877. The first-order valence-electron chi connectivity index (χ1n) is 7.53. The summed E-state index contributed by atoms with van der Waals surface area (Å²) in [4.78, 5) is 0. The third kappa shape index (κ3) is 5.70. The van der Waals surface area contributed by atoms with Crippen molar-refractivity contribution < 1.29 is 4.74 Å². The van der Waals surface area contributed by atoms with Gasteiger partial charge in [0.1, 0.15) is 12.4 Å². The zero-order chi connectivity index (χ0) is 15.8. The Bertz CT molecular complexity index is 642. The third-order valence-electron chi connectivity index (χ3n) is 2.95. The minimum atomic E-state index is -1.45. The van der Waals surface area contributed by atoms with Gasteiger partial charge in [0.05, 0.1) is 0 Å². The molecular weight excluding hydrogens is 286 g/mol. The Balaban J connectivity index is 1.98. The quantitative estimate of drug-likeness (QED) is 0.541. The van der Waals surface area contributed by atoms with Gasteiger partial charge in [0.2, 0.25) is 0 Å². The molecule has 0 saturated carbocycles. The van der Waals surface area contributed by atoms with Crippen molar-refractivity contribution in [1.29, 1.82) is 0 Å². The molecule has 0 amide bonds. The summed E-state index contributed by atoms with van der Waals surface area (Å²) in [5, 5.41) is 0. The fourth-order valence-electron chi connectivity index (χ4n) is 1.87. The van der Waals surface area contributed by atoms with E-state index < -0.39 is 8.24 Å². The molecule has 0 atom stereocenters. The Morgan fingerprint density at radius 3 is 2.36 bits per heavy atom. The van der Waals surface area contributed by atoms with Crippen molar-refractivity contribution in [3.05, 3.63) is 71.8 Å². The summed E-state index contributed by atoms with van der Waals surface area (Å²) in [7, 11) is -1.45. The zero-order valence-electron chi connectivity index (χ0n) is 13.5. The fraction of sp³-hybridized carbons (Fsp3) is 0.211. The highest BCUT2D eigenvalue weighted by molar-refractivity contribution is 6.75. The SMILES string of the molecule is C[Si](C)(C)/N=C/c1ccccc1OC/C=C/c1ccccc1. The van der Waals surface area contributed by atoms with E-state index in [0.29, 0.717) is 6.61 Å². The van der Waals surface area contributed by atoms with Gasteiger partial charge >= 0.3 is 0 Å². The lowest BCUT2D eigenvalue weighted by atomic mass is 10.2. The van der Waals surface area contributed by atoms with Crippen molar-refractivity contribution in [3.8, 4) is 5.75 Å². The first-order chi connectivity index (χ1) is 10.5. The number of para-hydroxylation sites is 1. The predicted octanol–water partition coefficient (Wildman–Crippen LogP) is 5.03. The van der Waals surface area contributed by atoms with Gasteiger partial charge in [-0.1, -0.05) is 48.5 Å². The van der Waals surface area contributed by atoms with Crippen molar-refractivity contribution in [1.82, 2.24) is 0 Å². The van der Waals surface area contributed by atoms with Crippen LogP contribution in [0.15, 0.2) is 65.3 Å². The molecule has 2 rings (SSSR count). The maximum absolute atomic E-state index is 5.86. The molecule has 0 heterocycles. The molecule has 0 N–H and O–H groups in total. The molecule has 2 aromatic carbocycles. The van der Waals surface area contributed by atoms with Gasteiger partial charge in [-0.3, -0.25) is 0 Å². The van der Waals surface area contributed by atoms with E-state index in [1.165, 1.54) is 5.56 Å². The molecule has 0 aliphatic heterocycles. The smallest absolute Gasteiger partial charge is 0.172 e. The predicted molar refractivity (Wildman–Crippen MR) is 98.4 cm³/mol. The first kappa shape index (κ1) is 16.2. The summed E-state index contributed by atoms with van der Waals surface area (Å²) in [5.41, 5.74) is 2.22. The standard InChI is InChI=1S/C19H23NOSi/c1-22(2,3)20-16-18-13-7-8-14-19(18)21-15-9-12-17-10-5-4-6-11-17/h4-14,16H,15H2,1-3H3/b12-9+,20-16+. The normalized spacial score (nSPS) is 12.1. The molecule has 0 aliphatic rings. The Morgan fingerprint density at radius 1 is 0.955 bits per heavy atom. The summed E-state index contributed by atoms with van der Waals surface area (Å²) < 4.78 is 10.5. The van der Waals surface area contributed by atoms with E-state index in [1.54, 1.807) is 0 Å². The number of hydrogen-bond acceptors (Lipinski definition) is 2. The minimum absolute atomic E-state index is 0.548. The van der Waals surface area contributed by atoms with Crippen molar-refractivity contribution in [2.75, 3.05) is 6.61 Å². The van der Waals surface area contributed by atoms with Crippen LogP contribution in [0.25, 0.3) is 6.08 Å². The molecule has 22 heavy (non-hydrogen) atoms. The van der Waals surface area contributed by atoms with E-state index in [-0.39, 0.29) is 0 Å². The van der Waals surface area contributed by atoms with Gasteiger partial charge in [-0.15, -0.1) is 0 Å². The van der Waals surface area contributed by atoms with Crippen LogP contribution in [-0.4, -0.2) is 21.1 Å². The van der Waals surface area contributed by atoms with Crippen molar-refractivity contribution in [3.63, 3.8) is 0 Å². The summed E-state index contributed by atoms with van der Waals surface area (Å²) in [6.45, 7) is 7.20. The molecule has 2 nitrogen and oxygen atoms in total. The Kier molecular flexibility index (Phi) is 5.73. The zero-order valence-corrected chi connectivity index (χ0v) is 14.5. The van der Waals surface area contributed by atoms with E-state index in [0.717, 1.165) is 11.3 Å². The average Bonchev–Trinajstić information content (AvgIpc) is 2.51. The van der Waals surface area contributed by atoms with E-state index >= 15 is 0 Å². The van der Waals surface area contributed by atoms with Gasteiger partial charge in [-0.2, -0.15) is 0 Å². The Morgan fingerprint density at radius 2 is 1.64 bits per heavy atom. The second-order valence-corrected chi connectivity index (χ2v) is 10.7. The summed E-state index contributed by atoms with van der Waals surface area (Å²) in [6, 6.07) is 18.3. The molecule has 0 spiro atoms. The lowest BCUT2D eigenvalue weighted by Gasteiger charge is -2.10. The number of benzene rings is 2. The van der Waals surface area contributed by atoms with Crippen LogP contribution >= 0.6 is 0 Å². The molecular formula is C19H23NOSi. The topological polar surface area (TPSA) is 21.6 Å². The van der Waals surface area contributed by atoms with E-state index in [2.05, 4.69) is 42.5 Å². The molecule has 0 saturated heterocycles. The molecule has 2 aromatic rings. The molecule has 0 unspecified atom stereocenters. The molecule has 0 aliphatic carbocycles. The molecule has 0 fully saturated rings. The van der Waals surface area contributed by atoms with Gasteiger partial charge in [0, 0.05) is 11.8 Å². The molecule has 0 aromatic heterocycles. The summed E-state index contributed by atoms with van der Waals surface area (Å²) in [6.07, 6.45) is 6.04. The van der Waals surface area contributed by atoms with E-state index in [1.807, 2.05) is 54.8 Å². The second-order valence-electron chi connectivity index (χ2n) is 6.09. The maximum Gasteiger partial charge on any atom is 0.172 e. The minimum Gasteiger partial charge on any atom is -0.489 e. The monoisotopic (exact) mass is 309 g/mol. The van der Waals surface area contributed by atoms with Crippen LogP contribution in [0.3, 0.4) is 0 Å². The Labute approximate surface area is 134 Å². The second kappa shape index (κ2) is 7.76. The van der Waals surface area contributed by atoms with Crippen LogP contribution in [0.5, 0.6) is 5.75 Å². The van der Waals surface area contributed by atoms with Crippen molar-refractivity contribution >= 4 is 20.5 Å². The molecule has 0 bridgehead atoms. The number of ether oxygens (including phenoxy) is 1. The average molecular weight is 309 g/mol. The van der Waals surface area contributed by atoms with Gasteiger partial charge in [0.25, 0.3) is 0 Å². The van der Waals surface area contributed by atoms with Gasteiger partial charge in [-0.25, -0.2) is 0 Å². The lowest BCUT2D eigenvalue weighted by molar-refractivity contribution is 0.363.